The van der Waals surface area contributed by atoms with Crippen molar-refractivity contribution in [1.82, 2.24) is 25.8 Å². The number of rotatable bonds is 7. The van der Waals surface area contributed by atoms with Crippen LogP contribution in [-0.2, 0) is 11.2 Å². The highest BCUT2D eigenvalue weighted by Crippen LogP contribution is 2.37. The molecule has 3 heterocycles. The second-order valence-corrected chi connectivity index (χ2v) is 10.3. The first-order valence-electron chi connectivity index (χ1n) is 13.7. The number of carbonyl (C=O) groups excluding carboxylic acids is 1. The van der Waals surface area contributed by atoms with Crippen LogP contribution in [0, 0.1) is 11.6 Å². The molecular formula is C30H32F2N6O2. The number of piperazine rings is 1. The van der Waals surface area contributed by atoms with Crippen LogP contribution in [0.3, 0.4) is 0 Å². The standard InChI is InChI=1S/C30H32F2N6O2/c31-24-17-22(18-25(32)20-24)16-21-8-9-27-26(19-21)28(35-34-27)38(36-29(39)23-6-2-1-3-7-23)30(10-4-5-15-40-30)37-13-11-33-12-14-37/h1-3,6-9,17-20,33H,4-5,10-16H2,(H,34,35)(H,36,39). The Morgan fingerprint density at radius 3 is 2.50 bits per heavy atom. The Morgan fingerprint density at radius 1 is 1.00 bits per heavy atom. The highest BCUT2D eigenvalue weighted by atomic mass is 19.1. The van der Waals surface area contributed by atoms with Crippen molar-refractivity contribution in [3.63, 3.8) is 0 Å². The molecule has 2 aliphatic rings. The molecule has 1 unspecified atom stereocenters. The number of H-pyrrole nitrogens is 1. The molecular weight excluding hydrogens is 514 g/mol. The molecule has 208 valence electrons. The molecule has 4 aromatic rings. The van der Waals surface area contributed by atoms with Gasteiger partial charge in [0.15, 0.2) is 5.82 Å². The van der Waals surface area contributed by atoms with E-state index in [1.807, 2.05) is 36.4 Å². The van der Waals surface area contributed by atoms with Gasteiger partial charge in [0, 0.05) is 49.6 Å². The van der Waals surface area contributed by atoms with Crippen LogP contribution in [0.15, 0.2) is 66.7 Å². The molecule has 3 N–H and O–H groups in total. The summed E-state index contributed by atoms with van der Waals surface area (Å²) in [5, 5.41) is 13.7. The molecule has 2 saturated heterocycles. The summed E-state index contributed by atoms with van der Waals surface area (Å²) in [6.07, 6.45) is 2.88. The number of nitrogens with zero attached hydrogens (tertiary/aromatic N) is 3. The van der Waals surface area contributed by atoms with Crippen molar-refractivity contribution < 1.29 is 18.3 Å². The predicted octanol–water partition coefficient (Wildman–Crippen LogP) is 4.34. The Balaban J connectivity index is 1.43. The maximum atomic E-state index is 13.9. The molecule has 6 rings (SSSR count). The lowest BCUT2D eigenvalue weighted by Crippen LogP contribution is -2.71. The van der Waals surface area contributed by atoms with E-state index in [0.29, 0.717) is 36.4 Å². The first-order valence-corrected chi connectivity index (χ1v) is 13.7. The number of ether oxygens (including phenoxy) is 1. The Kier molecular flexibility index (Phi) is 7.46. The van der Waals surface area contributed by atoms with Crippen LogP contribution in [0.4, 0.5) is 14.6 Å². The van der Waals surface area contributed by atoms with Crippen molar-refractivity contribution >= 4 is 22.6 Å². The third-order valence-electron chi connectivity index (χ3n) is 7.59. The Morgan fingerprint density at radius 2 is 1.77 bits per heavy atom. The third-order valence-corrected chi connectivity index (χ3v) is 7.59. The summed E-state index contributed by atoms with van der Waals surface area (Å²) in [6, 6.07) is 18.4. The number of fused-ring (bicyclic) bond motifs is 1. The van der Waals surface area contributed by atoms with Gasteiger partial charge < -0.3 is 10.1 Å². The molecule has 2 aliphatic heterocycles. The summed E-state index contributed by atoms with van der Waals surface area (Å²) in [7, 11) is 0. The largest absolute Gasteiger partial charge is 0.341 e. The van der Waals surface area contributed by atoms with Gasteiger partial charge in [-0.15, -0.1) is 0 Å². The second-order valence-electron chi connectivity index (χ2n) is 10.3. The number of halogens is 2. The van der Waals surface area contributed by atoms with Crippen molar-refractivity contribution in [1.29, 1.82) is 0 Å². The maximum absolute atomic E-state index is 13.9. The molecule has 2 fully saturated rings. The van der Waals surface area contributed by atoms with E-state index in [1.54, 1.807) is 17.1 Å². The van der Waals surface area contributed by atoms with Crippen molar-refractivity contribution in [2.45, 2.75) is 31.5 Å². The number of aromatic nitrogens is 2. The van der Waals surface area contributed by atoms with E-state index in [9.17, 15) is 13.6 Å². The normalized spacial score (nSPS) is 19.9. The molecule has 0 spiro atoms. The van der Waals surface area contributed by atoms with Gasteiger partial charge in [0.05, 0.1) is 12.1 Å². The molecule has 3 aromatic carbocycles. The molecule has 10 heteroatoms. The molecule has 0 aliphatic carbocycles. The SMILES string of the molecule is O=C(NN(c1n[nH]c2ccc(Cc3cc(F)cc(F)c3)cc12)C1(N2CCNCC2)CCCCO1)c1ccccc1. The molecule has 0 bridgehead atoms. The average Bonchev–Trinajstić information content (AvgIpc) is 3.39. The van der Waals surface area contributed by atoms with Crippen molar-refractivity contribution in [2.24, 2.45) is 0 Å². The lowest BCUT2D eigenvalue weighted by Gasteiger charge is -2.52. The zero-order chi connectivity index (χ0) is 27.5. The van der Waals surface area contributed by atoms with Gasteiger partial charge in [-0.2, -0.15) is 5.10 Å². The summed E-state index contributed by atoms with van der Waals surface area (Å²) in [4.78, 5) is 15.8. The Labute approximate surface area is 231 Å². The lowest BCUT2D eigenvalue weighted by molar-refractivity contribution is -0.187. The van der Waals surface area contributed by atoms with Crippen LogP contribution < -0.4 is 15.8 Å². The number of hydrazine groups is 1. The van der Waals surface area contributed by atoms with Crippen LogP contribution in [0.25, 0.3) is 10.9 Å². The minimum absolute atomic E-state index is 0.271. The van der Waals surface area contributed by atoms with Gasteiger partial charge in [-0.25, -0.2) is 13.8 Å². The van der Waals surface area contributed by atoms with Gasteiger partial charge in [0.25, 0.3) is 5.91 Å². The van der Waals surface area contributed by atoms with Gasteiger partial charge in [-0.3, -0.25) is 20.2 Å². The Hall–Kier alpha value is -3.86. The van der Waals surface area contributed by atoms with Crippen LogP contribution in [0.1, 0.15) is 40.7 Å². The van der Waals surface area contributed by atoms with Gasteiger partial charge in [0.2, 0.25) is 5.85 Å². The quantitative estimate of drug-likeness (QED) is 0.299. The topological polar surface area (TPSA) is 85.5 Å². The number of hydrogen-bond acceptors (Lipinski definition) is 6. The highest BCUT2D eigenvalue weighted by molar-refractivity contribution is 5.97. The van der Waals surface area contributed by atoms with E-state index in [0.717, 1.165) is 61.6 Å². The number of hydrogen-bond donors (Lipinski definition) is 3. The average molecular weight is 547 g/mol. The molecule has 40 heavy (non-hydrogen) atoms. The summed E-state index contributed by atoms with van der Waals surface area (Å²) in [5.41, 5.74) is 5.83. The minimum Gasteiger partial charge on any atom is -0.341 e. The van der Waals surface area contributed by atoms with E-state index < -0.39 is 17.5 Å². The van der Waals surface area contributed by atoms with Crippen LogP contribution >= 0.6 is 0 Å². The lowest BCUT2D eigenvalue weighted by atomic mass is 10.0. The molecule has 0 saturated carbocycles. The molecule has 1 amide bonds. The van der Waals surface area contributed by atoms with Crippen LogP contribution in [0.5, 0.6) is 0 Å². The zero-order valence-corrected chi connectivity index (χ0v) is 22.1. The zero-order valence-electron chi connectivity index (χ0n) is 22.1. The highest BCUT2D eigenvalue weighted by Gasteiger charge is 2.48. The van der Waals surface area contributed by atoms with Gasteiger partial charge >= 0.3 is 0 Å². The number of carbonyl (C=O) groups is 1. The summed E-state index contributed by atoms with van der Waals surface area (Å²) < 4.78 is 34.3. The molecule has 8 nitrogen and oxygen atoms in total. The fraction of sp³-hybridized carbons (Fsp3) is 0.333. The van der Waals surface area contributed by atoms with Gasteiger partial charge in [-0.05, 0) is 66.8 Å². The van der Waals surface area contributed by atoms with Gasteiger partial charge in [0.1, 0.15) is 11.6 Å². The van der Waals surface area contributed by atoms with E-state index in [4.69, 9.17) is 4.74 Å². The minimum atomic E-state index is -0.936. The first-order chi connectivity index (χ1) is 19.5. The smallest absolute Gasteiger partial charge is 0.269 e. The third kappa shape index (κ3) is 5.30. The fourth-order valence-electron chi connectivity index (χ4n) is 5.68. The van der Waals surface area contributed by atoms with E-state index >= 15 is 0 Å². The van der Waals surface area contributed by atoms with E-state index in [2.05, 4.69) is 25.8 Å². The second kappa shape index (κ2) is 11.3. The monoisotopic (exact) mass is 546 g/mol. The predicted molar refractivity (Wildman–Crippen MR) is 149 cm³/mol. The van der Waals surface area contributed by atoms with Crippen molar-refractivity contribution in [2.75, 3.05) is 37.8 Å². The van der Waals surface area contributed by atoms with Gasteiger partial charge in [-0.1, -0.05) is 24.3 Å². The molecule has 0 radical (unpaired) electrons. The molecule has 1 atom stereocenters. The van der Waals surface area contributed by atoms with E-state index in [-0.39, 0.29) is 5.91 Å². The number of aromatic amines is 1. The number of nitrogens with one attached hydrogen (secondary N) is 3. The summed E-state index contributed by atoms with van der Waals surface area (Å²) in [5.74, 6) is -1.90. The van der Waals surface area contributed by atoms with Crippen molar-refractivity contribution in [3.8, 4) is 0 Å². The summed E-state index contributed by atoms with van der Waals surface area (Å²) >= 11 is 0. The van der Waals surface area contributed by atoms with Crippen LogP contribution in [0.2, 0.25) is 0 Å². The maximum Gasteiger partial charge on any atom is 0.269 e. The fourth-order valence-corrected chi connectivity index (χ4v) is 5.68. The Bertz CT molecular complexity index is 1460. The number of anilines is 1. The number of benzene rings is 3. The number of amides is 1. The van der Waals surface area contributed by atoms with Crippen molar-refractivity contribution in [3.05, 3.63) is 95.1 Å². The van der Waals surface area contributed by atoms with Crippen LogP contribution in [-0.4, -0.2) is 59.6 Å². The first kappa shape index (κ1) is 26.4. The van der Waals surface area contributed by atoms with E-state index in [1.165, 1.54) is 12.1 Å². The summed E-state index contributed by atoms with van der Waals surface area (Å²) in [6.45, 7) is 3.66. The molecule has 1 aromatic heterocycles.